The molecule has 0 bridgehead atoms. The van der Waals surface area contributed by atoms with Gasteiger partial charge in [0.25, 0.3) is 5.91 Å². The van der Waals surface area contributed by atoms with Crippen LogP contribution in [0.15, 0.2) is 54.9 Å². The average Bonchev–Trinajstić information content (AvgIpc) is 3.07. The molecule has 0 saturated heterocycles. The highest BCUT2D eigenvalue weighted by Crippen LogP contribution is 2.13. The number of hydrogen-bond acceptors (Lipinski definition) is 3. The van der Waals surface area contributed by atoms with Crippen LogP contribution in [-0.4, -0.2) is 28.6 Å². The lowest BCUT2D eigenvalue weighted by molar-refractivity contribution is -0.123. The van der Waals surface area contributed by atoms with Gasteiger partial charge in [-0.15, -0.1) is 0 Å². The molecule has 1 aromatic heterocycles. The minimum absolute atomic E-state index is 0.0411. The zero-order valence-electron chi connectivity index (χ0n) is 14.4. The second-order valence-electron chi connectivity index (χ2n) is 5.92. The van der Waals surface area contributed by atoms with Gasteiger partial charge >= 0.3 is 0 Å². The number of ether oxygens (including phenoxy) is 1. The monoisotopic (exact) mass is 337 g/mol. The van der Waals surface area contributed by atoms with Crippen molar-refractivity contribution in [2.75, 3.05) is 13.2 Å². The number of fused-ring (bicyclic) bond motifs is 1. The largest absolute Gasteiger partial charge is 0.484 e. The summed E-state index contributed by atoms with van der Waals surface area (Å²) < 4.78 is 7.61. The number of aryl methyl sites for hydroxylation is 2. The fourth-order valence-corrected chi connectivity index (χ4v) is 2.69. The molecule has 3 aromatic rings. The zero-order chi connectivity index (χ0) is 17.5. The molecule has 0 fully saturated rings. The Bertz CT molecular complexity index is 824. The van der Waals surface area contributed by atoms with E-state index in [1.807, 2.05) is 48.8 Å². The van der Waals surface area contributed by atoms with Crippen molar-refractivity contribution in [2.45, 2.75) is 26.3 Å². The van der Waals surface area contributed by atoms with Gasteiger partial charge in [-0.05, 0) is 42.7 Å². The van der Waals surface area contributed by atoms with E-state index in [4.69, 9.17) is 4.74 Å². The van der Waals surface area contributed by atoms with E-state index in [9.17, 15) is 4.79 Å². The van der Waals surface area contributed by atoms with Crippen LogP contribution < -0.4 is 10.1 Å². The molecule has 130 valence electrons. The van der Waals surface area contributed by atoms with Gasteiger partial charge in [0.15, 0.2) is 6.61 Å². The maximum Gasteiger partial charge on any atom is 0.257 e. The van der Waals surface area contributed by atoms with Crippen LogP contribution in [0.1, 0.15) is 18.9 Å². The summed E-state index contributed by atoms with van der Waals surface area (Å²) in [4.78, 5) is 16.2. The summed E-state index contributed by atoms with van der Waals surface area (Å²) in [6.07, 6.45) is 3.68. The van der Waals surface area contributed by atoms with Gasteiger partial charge in [-0.25, -0.2) is 4.98 Å². The van der Waals surface area contributed by atoms with Gasteiger partial charge in [0.1, 0.15) is 5.75 Å². The normalized spacial score (nSPS) is 10.8. The SMILES string of the molecule is CCc1ccc(OCC(=O)NCCCn2cnc3ccccc32)cc1. The van der Waals surface area contributed by atoms with E-state index < -0.39 is 0 Å². The first-order chi connectivity index (χ1) is 12.3. The molecule has 2 aromatic carbocycles. The summed E-state index contributed by atoms with van der Waals surface area (Å²) in [5.74, 6) is 0.618. The molecule has 3 rings (SSSR count). The quantitative estimate of drug-likeness (QED) is 0.642. The van der Waals surface area contributed by atoms with Crippen LogP contribution in [0.5, 0.6) is 5.75 Å². The predicted molar refractivity (Wildman–Crippen MR) is 98.7 cm³/mol. The van der Waals surface area contributed by atoms with Crippen molar-refractivity contribution in [1.29, 1.82) is 0 Å². The second-order valence-corrected chi connectivity index (χ2v) is 5.92. The van der Waals surface area contributed by atoms with E-state index in [2.05, 4.69) is 27.9 Å². The molecule has 0 aliphatic carbocycles. The molecule has 1 heterocycles. The molecule has 5 heteroatoms. The highest BCUT2D eigenvalue weighted by atomic mass is 16.5. The van der Waals surface area contributed by atoms with E-state index >= 15 is 0 Å². The number of imidazole rings is 1. The highest BCUT2D eigenvalue weighted by molar-refractivity contribution is 5.77. The molecule has 0 unspecified atom stereocenters. The van der Waals surface area contributed by atoms with Crippen molar-refractivity contribution in [3.63, 3.8) is 0 Å². The molecule has 5 nitrogen and oxygen atoms in total. The molecule has 0 spiro atoms. The number of para-hydroxylation sites is 2. The molecular weight excluding hydrogens is 314 g/mol. The summed E-state index contributed by atoms with van der Waals surface area (Å²) in [5, 5.41) is 2.89. The minimum Gasteiger partial charge on any atom is -0.484 e. The lowest BCUT2D eigenvalue weighted by Gasteiger charge is -2.08. The van der Waals surface area contributed by atoms with Crippen LogP contribution in [0.2, 0.25) is 0 Å². The molecule has 0 radical (unpaired) electrons. The van der Waals surface area contributed by atoms with Crippen molar-refractivity contribution in [1.82, 2.24) is 14.9 Å². The fraction of sp³-hybridized carbons (Fsp3) is 0.300. The van der Waals surface area contributed by atoms with E-state index in [-0.39, 0.29) is 12.5 Å². The first-order valence-corrected chi connectivity index (χ1v) is 8.64. The smallest absolute Gasteiger partial charge is 0.257 e. The highest BCUT2D eigenvalue weighted by Gasteiger charge is 2.04. The molecule has 0 atom stereocenters. The third kappa shape index (κ3) is 4.59. The summed E-state index contributed by atoms with van der Waals surface area (Å²) in [5.41, 5.74) is 3.37. The molecular formula is C20H23N3O2. The number of carbonyl (C=O) groups is 1. The lowest BCUT2D eigenvalue weighted by atomic mass is 10.2. The van der Waals surface area contributed by atoms with Crippen molar-refractivity contribution in [3.05, 3.63) is 60.4 Å². The Labute approximate surface area is 147 Å². The van der Waals surface area contributed by atoms with Crippen molar-refractivity contribution >= 4 is 16.9 Å². The lowest BCUT2D eigenvalue weighted by Crippen LogP contribution is -2.30. The maximum absolute atomic E-state index is 11.9. The van der Waals surface area contributed by atoms with Crippen LogP contribution in [0.4, 0.5) is 0 Å². The number of nitrogens with zero attached hydrogens (tertiary/aromatic N) is 2. The van der Waals surface area contributed by atoms with Gasteiger partial charge in [-0.2, -0.15) is 0 Å². The predicted octanol–water partition coefficient (Wildman–Crippen LogP) is 3.18. The van der Waals surface area contributed by atoms with E-state index in [1.165, 1.54) is 5.56 Å². The Kier molecular flexibility index (Phi) is 5.67. The minimum atomic E-state index is -0.102. The number of aromatic nitrogens is 2. The van der Waals surface area contributed by atoms with Crippen LogP contribution >= 0.6 is 0 Å². The Hall–Kier alpha value is -2.82. The average molecular weight is 337 g/mol. The molecule has 1 N–H and O–H groups in total. The van der Waals surface area contributed by atoms with Gasteiger partial charge in [-0.3, -0.25) is 4.79 Å². The Morgan fingerprint density at radius 1 is 1.16 bits per heavy atom. The topological polar surface area (TPSA) is 56.1 Å². The third-order valence-corrected chi connectivity index (χ3v) is 4.13. The summed E-state index contributed by atoms with van der Waals surface area (Å²) in [6, 6.07) is 15.9. The number of hydrogen-bond donors (Lipinski definition) is 1. The fourth-order valence-electron chi connectivity index (χ4n) is 2.69. The number of nitrogens with one attached hydrogen (secondary N) is 1. The van der Waals surface area contributed by atoms with E-state index in [1.54, 1.807) is 0 Å². The van der Waals surface area contributed by atoms with Crippen molar-refractivity contribution in [2.24, 2.45) is 0 Å². The van der Waals surface area contributed by atoms with Crippen LogP contribution in [0.3, 0.4) is 0 Å². The Balaban J connectivity index is 1.37. The van der Waals surface area contributed by atoms with Gasteiger partial charge in [0, 0.05) is 13.1 Å². The van der Waals surface area contributed by atoms with Crippen LogP contribution in [0, 0.1) is 0 Å². The van der Waals surface area contributed by atoms with Gasteiger partial charge in [0.2, 0.25) is 0 Å². The number of amides is 1. The van der Waals surface area contributed by atoms with Gasteiger partial charge in [-0.1, -0.05) is 31.2 Å². The summed E-state index contributed by atoms with van der Waals surface area (Å²) in [7, 11) is 0. The van der Waals surface area contributed by atoms with Crippen molar-refractivity contribution < 1.29 is 9.53 Å². The second kappa shape index (κ2) is 8.33. The van der Waals surface area contributed by atoms with Crippen LogP contribution in [-0.2, 0) is 17.8 Å². The van der Waals surface area contributed by atoms with E-state index in [0.29, 0.717) is 6.54 Å². The van der Waals surface area contributed by atoms with Gasteiger partial charge < -0.3 is 14.6 Å². The van der Waals surface area contributed by atoms with Gasteiger partial charge in [0.05, 0.1) is 17.4 Å². The number of rotatable bonds is 8. The Morgan fingerprint density at radius 3 is 2.76 bits per heavy atom. The van der Waals surface area contributed by atoms with Crippen LogP contribution in [0.25, 0.3) is 11.0 Å². The van der Waals surface area contributed by atoms with E-state index in [0.717, 1.165) is 36.2 Å². The molecule has 0 aliphatic heterocycles. The number of carbonyl (C=O) groups excluding carboxylic acids is 1. The first kappa shape index (κ1) is 17.0. The maximum atomic E-state index is 11.9. The molecule has 0 aliphatic rings. The van der Waals surface area contributed by atoms with Crippen molar-refractivity contribution in [3.8, 4) is 5.75 Å². The third-order valence-electron chi connectivity index (χ3n) is 4.13. The first-order valence-electron chi connectivity index (χ1n) is 8.64. The zero-order valence-corrected chi connectivity index (χ0v) is 14.4. The number of benzene rings is 2. The summed E-state index contributed by atoms with van der Waals surface area (Å²) in [6.45, 7) is 3.58. The molecule has 25 heavy (non-hydrogen) atoms. The molecule has 0 saturated carbocycles. The standard InChI is InChI=1S/C20H23N3O2/c1-2-16-8-10-17(11-9-16)25-14-20(24)21-12-5-13-23-15-22-18-6-3-4-7-19(18)23/h3-4,6-11,15H,2,5,12-14H2,1H3,(H,21,24). The summed E-state index contributed by atoms with van der Waals surface area (Å²) >= 11 is 0. The molecule has 1 amide bonds. The Morgan fingerprint density at radius 2 is 1.96 bits per heavy atom.